The van der Waals surface area contributed by atoms with Crippen LogP contribution >= 0.6 is 0 Å². The van der Waals surface area contributed by atoms with Crippen molar-refractivity contribution in [2.75, 3.05) is 6.61 Å². The van der Waals surface area contributed by atoms with Crippen LogP contribution in [0.1, 0.15) is 32.6 Å². The number of aliphatic carboxylic acids is 1. The zero-order valence-corrected chi connectivity index (χ0v) is 12.2. The maximum Gasteiger partial charge on any atom is 0.411 e. The van der Waals surface area contributed by atoms with E-state index in [1.165, 1.54) is 0 Å². The predicted octanol–water partition coefficient (Wildman–Crippen LogP) is 1.27. The van der Waals surface area contributed by atoms with Gasteiger partial charge in [-0.25, -0.2) is 13.1 Å². The van der Waals surface area contributed by atoms with E-state index in [1.54, 1.807) is 0 Å². The Morgan fingerprint density at radius 3 is 2.57 bits per heavy atom. The molecule has 1 saturated carbocycles. The standard InChI is InChI=1S/C11H18F3NO5S/c1-7(10(16)17)21(18,19)15-8-3-2-4-9(5-8)20-6-11(12,13)14/h7-9,15H,2-6H2,1H3,(H,16,17). The van der Waals surface area contributed by atoms with Crippen molar-refractivity contribution in [3.8, 4) is 0 Å². The number of halogens is 3. The highest BCUT2D eigenvalue weighted by Crippen LogP contribution is 2.24. The van der Waals surface area contributed by atoms with Crippen molar-refractivity contribution in [1.29, 1.82) is 0 Å². The van der Waals surface area contributed by atoms with Gasteiger partial charge < -0.3 is 9.84 Å². The summed E-state index contributed by atoms with van der Waals surface area (Å²) in [5, 5.41) is 7.09. The molecule has 0 aromatic carbocycles. The van der Waals surface area contributed by atoms with Gasteiger partial charge in [-0.3, -0.25) is 4.79 Å². The monoisotopic (exact) mass is 333 g/mol. The second kappa shape index (κ2) is 6.93. The van der Waals surface area contributed by atoms with Gasteiger partial charge in [-0.2, -0.15) is 13.2 Å². The smallest absolute Gasteiger partial charge is 0.411 e. The van der Waals surface area contributed by atoms with Gasteiger partial charge in [0.05, 0.1) is 6.10 Å². The average molecular weight is 333 g/mol. The Labute approximate surface area is 120 Å². The maximum atomic E-state index is 12.1. The molecule has 1 rings (SSSR count). The Kier molecular flexibility index (Phi) is 6.00. The molecule has 0 saturated heterocycles. The summed E-state index contributed by atoms with van der Waals surface area (Å²) in [6, 6.07) is -0.608. The number of carboxylic acid groups (broad SMARTS) is 1. The van der Waals surface area contributed by atoms with E-state index in [0.717, 1.165) is 6.92 Å². The number of ether oxygens (including phenoxy) is 1. The van der Waals surface area contributed by atoms with Crippen LogP contribution in [0.15, 0.2) is 0 Å². The molecule has 0 heterocycles. The molecule has 1 aliphatic carbocycles. The lowest BCUT2D eigenvalue weighted by atomic mass is 9.93. The topological polar surface area (TPSA) is 92.7 Å². The van der Waals surface area contributed by atoms with E-state index in [1.807, 2.05) is 0 Å². The summed E-state index contributed by atoms with van der Waals surface area (Å²) in [4.78, 5) is 10.7. The number of rotatable bonds is 6. The zero-order chi connectivity index (χ0) is 16.3. The highest BCUT2D eigenvalue weighted by atomic mass is 32.2. The Morgan fingerprint density at radius 1 is 1.43 bits per heavy atom. The molecule has 124 valence electrons. The van der Waals surface area contributed by atoms with Gasteiger partial charge >= 0.3 is 12.1 Å². The van der Waals surface area contributed by atoms with Crippen LogP contribution in [-0.4, -0.2) is 49.7 Å². The van der Waals surface area contributed by atoms with Crippen molar-refractivity contribution in [2.45, 2.75) is 56.2 Å². The molecule has 0 radical (unpaired) electrons. The molecule has 0 spiro atoms. The summed E-state index contributed by atoms with van der Waals surface area (Å²) in [5.41, 5.74) is 0. The molecule has 1 fully saturated rings. The van der Waals surface area contributed by atoms with E-state index in [4.69, 9.17) is 9.84 Å². The van der Waals surface area contributed by atoms with Gasteiger partial charge in [0.15, 0.2) is 5.25 Å². The minimum absolute atomic E-state index is 0.0989. The average Bonchev–Trinajstić information content (AvgIpc) is 2.34. The zero-order valence-electron chi connectivity index (χ0n) is 11.4. The van der Waals surface area contributed by atoms with E-state index < -0.39 is 46.2 Å². The largest absolute Gasteiger partial charge is 0.480 e. The van der Waals surface area contributed by atoms with Gasteiger partial charge in [0.2, 0.25) is 10.0 Å². The fraction of sp³-hybridized carbons (Fsp3) is 0.909. The summed E-state index contributed by atoms with van der Waals surface area (Å²) >= 11 is 0. The van der Waals surface area contributed by atoms with E-state index in [-0.39, 0.29) is 6.42 Å². The summed E-state index contributed by atoms with van der Waals surface area (Å²) < 4.78 is 66.7. The molecule has 3 atom stereocenters. The van der Waals surface area contributed by atoms with Crippen molar-refractivity contribution < 1.29 is 36.2 Å². The van der Waals surface area contributed by atoms with Crippen LogP contribution in [0.2, 0.25) is 0 Å². The molecule has 0 amide bonds. The van der Waals surface area contributed by atoms with Crippen LogP contribution in [0.3, 0.4) is 0 Å². The molecule has 10 heteroatoms. The summed E-state index contributed by atoms with van der Waals surface area (Å²) in [7, 11) is -4.05. The number of hydrogen-bond donors (Lipinski definition) is 2. The van der Waals surface area contributed by atoms with Crippen LogP contribution in [0, 0.1) is 0 Å². The fourth-order valence-corrected chi connectivity index (χ4v) is 3.23. The molecular formula is C11H18F3NO5S. The van der Waals surface area contributed by atoms with Gasteiger partial charge in [-0.15, -0.1) is 0 Å². The molecule has 0 aromatic rings. The Balaban J connectivity index is 2.55. The molecule has 0 aliphatic heterocycles. The Hall–Kier alpha value is -0.870. The van der Waals surface area contributed by atoms with Crippen molar-refractivity contribution in [3.63, 3.8) is 0 Å². The van der Waals surface area contributed by atoms with Gasteiger partial charge in [0, 0.05) is 6.04 Å². The molecule has 2 N–H and O–H groups in total. The summed E-state index contributed by atoms with van der Waals surface area (Å²) in [6.07, 6.45) is -3.64. The minimum atomic E-state index is -4.43. The molecular weight excluding hydrogens is 315 g/mol. The highest BCUT2D eigenvalue weighted by molar-refractivity contribution is 7.90. The highest BCUT2D eigenvalue weighted by Gasteiger charge is 2.34. The third-order valence-electron chi connectivity index (χ3n) is 3.25. The lowest BCUT2D eigenvalue weighted by molar-refractivity contribution is -0.188. The van der Waals surface area contributed by atoms with Crippen LogP contribution < -0.4 is 4.72 Å². The third kappa shape index (κ3) is 6.18. The van der Waals surface area contributed by atoms with Crippen molar-refractivity contribution in [3.05, 3.63) is 0 Å². The number of alkyl halides is 3. The van der Waals surface area contributed by atoms with E-state index >= 15 is 0 Å². The predicted molar refractivity (Wildman–Crippen MR) is 67.2 cm³/mol. The second-order valence-electron chi connectivity index (χ2n) is 5.06. The summed E-state index contributed by atoms with van der Waals surface area (Å²) in [6.45, 7) is -0.339. The lowest BCUT2D eigenvalue weighted by Crippen LogP contribution is -2.46. The first kappa shape index (κ1) is 18.2. The molecule has 0 aromatic heterocycles. The molecule has 21 heavy (non-hydrogen) atoms. The van der Waals surface area contributed by atoms with Gasteiger partial charge in [0.1, 0.15) is 6.61 Å². The SMILES string of the molecule is CC(C(=O)O)S(=O)(=O)NC1CCCC(OCC(F)(F)F)C1. The van der Waals surface area contributed by atoms with Crippen LogP contribution in [0.4, 0.5) is 13.2 Å². The van der Waals surface area contributed by atoms with Crippen LogP contribution in [-0.2, 0) is 19.6 Å². The molecule has 0 bridgehead atoms. The first-order valence-electron chi connectivity index (χ1n) is 6.43. The van der Waals surface area contributed by atoms with Crippen LogP contribution in [0.25, 0.3) is 0 Å². The molecule has 1 aliphatic rings. The number of sulfonamides is 1. The van der Waals surface area contributed by atoms with Gasteiger partial charge in [0.25, 0.3) is 0 Å². The quantitative estimate of drug-likeness (QED) is 0.763. The normalized spacial score (nSPS) is 25.5. The second-order valence-corrected chi connectivity index (χ2v) is 7.09. The van der Waals surface area contributed by atoms with Crippen molar-refractivity contribution >= 4 is 16.0 Å². The van der Waals surface area contributed by atoms with E-state index in [0.29, 0.717) is 19.3 Å². The Bertz CT molecular complexity index is 465. The summed E-state index contributed by atoms with van der Waals surface area (Å²) in [5.74, 6) is -1.48. The van der Waals surface area contributed by atoms with Gasteiger partial charge in [-0.1, -0.05) is 0 Å². The third-order valence-corrected chi connectivity index (χ3v) is 5.05. The fourth-order valence-electron chi connectivity index (χ4n) is 2.08. The lowest BCUT2D eigenvalue weighted by Gasteiger charge is -2.30. The van der Waals surface area contributed by atoms with E-state index in [9.17, 15) is 26.4 Å². The number of hydrogen-bond acceptors (Lipinski definition) is 4. The number of carboxylic acids is 1. The number of nitrogens with one attached hydrogen (secondary N) is 1. The van der Waals surface area contributed by atoms with Crippen LogP contribution in [0.5, 0.6) is 0 Å². The van der Waals surface area contributed by atoms with E-state index in [2.05, 4.69) is 4.72 Å². The molecule has 3 unspecified atom stereocenters. The maximum absolute atomic E-state index is 12.1. The minimum Gasteiger partial charge on any atom is -0.480 e. The first-order chi connectivity index (χ1) is 9.51. The Morgan fingerprint density at radius 2 is 2.05 bits per heavy atom. The molecule has 6 nitrogen and oxygen atoms in total. The van der Waals surface area contributed by atoms with Gasteiger partial charge in [-0.05, 0) is 32.6 Å². The first-order valence-corrected chi connectivity index (χ1v) is 7.98. The van der Waals surface area contributed by atoms with Crippen molar-refractivity contribution in [1.82, 2.24) is 4.72 Å². The van der Waals surface area contributed by atoms with Crippen molar-refractivity contribution in [2.24, 2.45) is 0 Å². The number of carbonyl (C=O) groups is 1.